The van der Waals surface area contributed by atoms with Crippen LogP contribution in [0.25, 0.3) is 0 Å². The average molecular weight is 274 g/mol. The molecule has 1 amide bonds. The Bertz CT molecular complexity index is 404. The van der Waals surface area contributed by atoms with Gasteiger partial charge in [-0.05, 0) is 30.5 Å². The molecule has 0 aliphatic rings. The lowest BCUT2D eigenvalue weighted by atomic mass is 10.1. The van der Waals surface area contributed by atoms with Crippen LogP contribution in [0.15, 0.2) is 18.2 Å². The molecule has 0 aliphatic heterocycles. The van der Waals surface area contributed by atoms with E-state index in [1.165, 1.54) is 0 Å². The van der Waals surface area contributed by atoms with Gasteiger partial charge in [0.15, 0.2) is 0 Å². The molecule has 94 valence electrons. The molecule has 0 spiro atoms. The summed E-state index contributed by atoms with van der Waals surface area (Å²) in [5.41, 5.74) is 0.883. The highest BCUT2D eigenvalue weighted by Crippen LogP contribution is 2.26. The Labute approximate surface area is 112 Å². The number of rotatable bonds is 4. The van der Waals surface area contributed by atoms with Crippen LogP contribution in [0, 0.1) is 5.92 Å². The van der Waals surface area contributed by atoms with Gasteiger partial charge in [0.2, 0.25) is 5.91 Å². The quantitative estimate of drug-likeness (QED) is 0.875. The van der Waals surface area contributed by atoms with E-state index < -0.39 is 0 Å². The number of nitrogens with one attached hydrogen (secondary N) is 1. The largest absolute Gasteiger partial charge is 0.350 e. The second-order valence-corrected chi connectivity index (χ2v) is 5.40. The van der Waals surface area contributed by atoms with E-state index in [2.05, 4.69) is 5.32 Å². The van der Waals surface area contributed by atoms with Gasteiger partial charge in [-0.15, -0.1) is 0 Å². The molecule has 2 nitrogen and oxygen atoms in total. The van der Waals surface area contributed by atoms with Gasteiger partial charge in [-0.25, -0.2) is 0 Å². The van der Waals surface area contributed by atoms with Crippen LogP contribution in [-0.4, -0.2) is 5.91 Å². The Kier molecular flexibility index (Phi) is 5.29. The summed E-state index contributed by atoms with van der Waals surface area (Å²) >= 11 is 11.9. The standard InChI is InChI=1S/C13H17Cl2NO/c1-8(2)6-13(17)16-9(3)11-5-4-10(14)7-12(11)15/h4-5,7-9H,6H2,1-3H3,(H,16,17)/t9-/m1/s1. The Hall–Kier alpha value is -0.730. The Morgan fingerprint density at radius 3 is 2.47 bits per heavy atom. The number of carbonyl (C=O) groups excluding carboxylic acids is 1. The van der Waals surface area contributed by atoms with Crippen molar-refractivity contribution in [3.8, 4) is 0 Å². The molecule has 1 aromatic rings. The first kappa shape index (κ1) is 14.3. The Morgan fingerprint density at radius 2 is 1.94 bits per heavy atom. The van der Waals surface area contributed by atoms with Gasteiger partial charge in [0.25, 0.3) is 0 Å². The molecule has 0 aliphatic carbocycles. The minimum absolute atomic E-state index is 0.0403. The zero-order chi connectivity index (χ0) is 13.0. The minimum Gasteiger partial charge on any atom is -0.350 e. The highest BCUT2D eigenvalue weighted by atomic mass is 35.5. The fourth-order valence-corrected chi connectivity index (χ4v) is 2.17. The highest BCUT2D eigenvalue weighted by molar-refractivity contribution is 6.35. The van der Waals surface area contributed by atoms with E-state index in [1.807, 2.05) is 26.8 Å². The molecule has 0 heterocycles. The van der Waals surface area contributed by atoms with E-state index >= 15 is 0 Å². The lowest BCUT2D eigenvalue weighted by Gasteiger charge is -2.16. The van der Waals surface area contributed by atoms with E-state index in [0.29, 0.717) is 22.4 Å². The molecule has 1 atom stereocenters. The predicted octanol–water partition coefficient (Wildman–Crippen LogP) is 4.22. The predicted molar refractivity (Wildman–Crippen MR) is 72.5 cm³/mol. The van der Waals surface area contributed by atoms with E-state index in [-0.39, 0.29) is 11.9 Å². The number of carbonyl (C=O) groups is 1. The van der Waals surface area contributed by atoms with Crippen molar-refractivity contribution in [1.82, 2.24) is 5.32 Å². The van der Waals surface area contributed by atoms with Crippen molar-refractivity contribution in [3.05, 3.63) is 33.8 Å². The summed E-state index contributed by atoms with van der Waals surface area (Å²) in [5.74, 6) is 0.390. The SMILES string of the molecule is CC(C)CC(=O)N[C@H](C)c1ccc(Cl)cc1Cl. The minimum atomic E-state index is -0.106. The maximum atomic E-state index is 11.6. The van der Waals surface area contributed by atoms with Crippen molar-refractivity contribution in [2.24, 2.45) is 5.92 Å². The van der Waals surface area contributed by atoms with Crippen molar-refractivity contribution in [1.29, 1.82) is 0 Å². The molecular weight excluding hydrogens is 257 g/mol. The molecule has 0 bridgehead atoms. The van der Waals surface area contributed by atoms with Crippen LogP contribution in [0.3, 0.4) is 0 Å². The molecule has 17 heavy (non-hydrogen) atoms. The van der Waals surface area contributed by atoms with Crippen molar-refractivity contribution < 1.29 is 4.79 Å². The molecule has 1 aromatic carbocycles. The molecule has 1 N–H and O–H groups in total. The second kappa shape index (κ2) is 6.27. The summed E-state index contributed by atoms with van der Waals surface area (Å²) in [6.45, 7) is 5.94. The molecular formula is C13H17Cl2NO. The third kappa shape index (κ3) is 4.57. The number of hydrogen-bond acceptors (Lipinski definition) is 1. The van der Waals surface area contributed by atoms with Gasteiger partial charge in [0.05, 0.1) is 6.04 Å². The number of hydrogen-bond donors (Lipinski definition) is 1. The summed E-state index contributed by atoms with van der Waals surface area (Å²) in [6.07, 6.45) is 0.523. The third-order valence-corrected chi connectivity index (χ3v) is 2.96. The van der Waals surface area contributed by atoms with Gasteiger partial charge < -0.3 is 5.32 Å². The van der Waals surface area contributed by atoms with Crippen LogP contribution in [-0.2, 0) is 4.79 Å². The van der Waals surface area contributed by atoms with E-state index in [0.717, 1.165) is 5.56 Å². The normalized spacial score (nSPS) is 12.6. The first-order chi connectivity index (χ1) is 7.90. The van der Waals surface area contributed by atoms with Gasteiger partial charge >= 0.3 is 0 Å². The zero-order valence-electron chi connectivity index (χ0n) is 10.3. The van der Waals surface area contributed by atoms with E-state index in [4.69, 9.17) is 23.2 Å². The number of benzene rings is 1. The molecule has 0 saturated heterocycles. The highest BCUT2D eigenvalue weighted by Gasteiger charge is 2.13. The van der Waals surface area contributed by atoms with Crippen LogP contribution in [0.2, 0.25) is 10.0 Å². The molecule has 0 radical (unpaired) electrons. The monoisotopic (exact) mass is 273 g/mol. The second-order valence-electron chi connectivity index (χ2n) is 4.55. The first-order valence-electron chi connectivity index (χ1n) is 5.64. The van der Waals surface area contributed by atoms with Crippen LogP contribution in [0.5, 0.6) is 0 Å². The van der Waals surface area contributed by atoms with E-state index in [9.17, 15) is 4.79 Å². The van der Waals surface area contributed by atoms with Gasteiger partial charge in [0, 0.05) is 16.5 Å². The smallest absolute Gasteiger partial charge is 0.220 e. The molecule has 0 unspecified atom stereocenters. The van der Waals surface area contributed by atoms with Crippen LogP contribution in [0.1, 0.15) is 38.8 Å². The summed E-state index contributed by atoms with van der Waals surface area (Å²) in [6, 6.07) is 5.19. The van der Waals surface area contributed by atoms with Gasteiger partial charge in [0.1, 0.15) is 0 Å². The number of halogens is 2. The van der Waals surface area contributed by atoms with Crippen molar-refractivity contribution >= 4 is 29.1 Å². The third-order valence-electron chi connectivity index (χ3n) is 2.40. The van der Waals surface area contributed by atoms with Gasteiger partial charge in [-0.2, -0.15) is 0 Å². The van der Waals surface area contributed by atoms with Crippen molar-refractivity contribution in [3.63, 3.8) is 0 Å². The summed E-state index contributed by atoms with van der Waals surface area (Å²) in [7, 11) is 0. The molecule has 0 aromatic heterocycles. The summed E-state index contributed by atoms with van der Waals surface area (Å²) in [5, 5.41) is 4.10. The van der Waals surface area contributed by atoms with Crippen molar-refractivity contribution in [2.75, 3.05) is 0 Å². The maximum absolute atomic E-state index is 11.6. The average Bonchev–Trinajstić information content (AvgIpc) is 2.15. The first-order valence-corrected chi connectivity index (χ1v) is 6.40. The Morgan fingerprint density at radius 1 is 1.29 bits per heavy atom. The maximum Gasteiger partial charge on any atom is 0.220 e. The fraction of sp³-hybridized carbons (Fsp3) is 0.462. The van der Waals surface area contributed by atoms with Crippen LogP contribution >= 0.6 is 23.2 Å². The van der Waals surface area contributed by atoms with Crippen molar-refractivity contribution in [2.45, 2.75) is 33.2 Å². The summed E-state index contributed by atoms with van der Waals surface area (Å²) < 4.78 is 0. The van der Waals surface area contributed by atoms with Gasteiger partial charge in [-0.3, -0.25) is 4.79 Å². The topological polar surface area (TPSA) is 29.1 Å². The van der Waals surface area contributed by atoms with E-state index in [1.54, 1.807) is 12.1 Å². The molecule has 0 fully saturated rings. The summed E-state index contributed by atoms with van der Waals surface area (Å²) in [4.78, 5) is 11.6. The zero-order valence-corrected chi connectivity index (χ0v) is 11.8. The Balaban J connectivity index is 2.69. The molecule has 0 saturated carbocycles. The molecule has 1 rings (SSSR count). The van der Waals surface area contributed by atoms with Crippen LogP contribution in [0.4, 0.5) is 0 Å². The van der Waals surface area contributed by atoms with Crippen LogP contribution < -0.4 is 5.32 Å². The molecule has 4 heteroatoms. The lowest BCUT2D eigenvalue weighted by Crippen LogP contribution is -2.27. The number of amides is 1. The fourth-order valence-electron chi connectivity index (χ4n) is 1.60. The van der Waals surface area contributed by atoms with Gasteiger partial charge in [-0.1, -0.05) is 43.1 Å². The lowest BCUT2D eigenvalue weighted by molar-refractivity contribution is -0.122.